The second-order valence-electron chi connectivity index (χ2n) is 4.48. The number of amides is 1. The van der Waals surface area contributed by atoms with Crippen LogP contribution in [0.15, 0.2) is 48.5 Å². The number of carbonyl (C=O) groups is 2. The number of Topliss-reactive ketones (excluding diaryl/α,β-unsaturated/α-hetero) is 1. The average Bonchev–Trinajstić information content (AvgIpc) is 2.45. The summed E-state index contributed by atoms with van der Waals surface area (Å²) < 4.78 is 13.0. The number of rotatable bonds is 4. The van der Waals surface area contributed by atoms with E-state index in [2.05, 4.69) is 5.32 Å². The van der Waals surface area contributed by atoms with Crippen molar-refractivity contribution in [3.63, 3.8) is 0 Å². The molecule has 2 aromatic carbocycles. The molecule has 0 fully saturated rings. The average molecular weight is 271 g/mol. The Labute approximate surface area is 116 Å². The molecule has 1 N–H and O–H groups in total. The zero-order valence-corrected chi connectivity index (χ0v) is 11.0. The molecule has 0 aliphatic rings. The molecular weight excluding hydrogens is 257 g/mol. The molecule has 20 heavy (non-hydrogen) atoms. The Morgan fingerprint density at radius 3 is 2.40 bits per heavy atom. The van der Waals surface area contributed by atoms with Crippen molar-refractivity contribution in [3.8, 4) is 0 Å². The summed E-state index contributed by atoms with van der Waals surface area (Å²) in [5.74, 6) is -1.14. The predicted molar refractivity (Wildman–Crippen MR) is 74.2 cm³/mol. The molecule has 102 valence electrons. The van der Waals surface area contributed by atoms with Gasteiger partial charge in [-0.15, -0.1) is 0 Å². The van der Waals surface area contributed by atoms with Crippen LogP contribution in [0.4, 0.5) is 4.39 Å². The smallest absolute Gasteiger partial charge is 0.251 e. The lowest BCUT2D eigenvalue weighted by atomic mass is 10.1. The first-order valence-electron chi connectivity index (χ1n) is 6.20. The number of nitrogens with one attached hydrogen (secondary N) is 1. The number of aryl methyl sites for hydroxylation is 1. The zero-order valence-electron chi connectivity index (χ0n) is 11.0. The van der Waals surface area contributed by atoms with Crippen LogP contribution < -0.4 is 5.32 Å². The van der Waals surface area contributed by atoms with Crippen molar-refractivity contribution in [2.24, 2.45) is 0 Å². The monoisotopic (exact) mass is 271 g/mol. The number of hydrogen-bond donors (Lipinski definition) is 1. The molecular formula is C16H14FNO2. The molecule has 4 heteroatoms. The Morgan fingerprint density at radius 1 is 1.05 bits per heavy atom. The second-order valence-corrected chi connectivity index (χ2v) is 4.48. The minimum Gasteiger partial charge on any atom is -0.345 e. The fourth-order valence-corrected chi connectivity index (χ4v) is 1.73. The molecule has 0 aromatic heterocycles. The summed E-state index contributed by atoms with van der Waals surface area (Å²) in [4.78, 5) is 23.6. The highest BCUT2D eigenvalue weighted by Gasteiger charge is 2.10. The van der Waals surface area contributed by atoms with E-state index in [1.54, 1.807) is 12.1 Å². The van der Waals surface area contributed by atoms with Crippen LogP contribution in [0.3, 0.4) is 0 Å². The first kappa shape index (κ1) is 13.9. The minimum absolute atomic E-state index is 0.113. The van der Waals surface area contributed by atoms with Gasteiger partial charge in [-0.3, -0.25) is 9.59 Å². The first-order valence-corrected chi connectivity index (χ1v) is 6.20. The second kappa shape index (κ2) is 6.10. The highest BCUT2D eigenvalue weighted by atomic mass is 19.1. The van der Waals surface area contributed by atoms with Gasteiger partial charge in [-0.05, 0) is 25.1 Å². The summed E-state index contributed by atoms with van der Waals surface area (Å²) in [6.07, 6.45) is 0. The molecule has 0 spiro atoms. The first-order chi connectivity index (χ1) is 9.56. The molecule has 0 radical (unpaired) electrons. The third-order valence-electron chi connectivity index (χ3n) is 2.87. The van der Waals surface area contributed by atoms with E-state index in [9.17, 15) is 14.0 Å². The van der Waals surface area contributed by atoms with Gasteiger partial charge >= 0.3 is 0 Å². The largest absolute Gasteiger partial charge is 0.345 e. The molecule has 0 atom stereocenters. The van der Waals surface area contributed by atoms with Gasteiger partial charge in [0.15, 0.2) is 5.78 Å². The molecule has 0 saturated carbocycles. The highest BCUT2D eigenvalue weighted by molar-refractivity contribution is 6.02. The third kappa shape index (κ3) is 3.51. The molecule has 0 unspecified atom stereocenters. The summed E-state index contributed by atoms with van der Waals surface area (Å²) >= 11 is 0. The van der Waals surface area contributed by atoms with E-state index >= 15 is 0 Å². The highest BCUT2D eigenvalue weighted by Crippen LogP contribution is 2.05. The number of benzene rings is 2. The maximum Gasteiger partial charge on any atom is 0.251 e. The van der Waals surface area contributed by atoms with Gasteiger partial charge in [0.25, 0.3) is 5.91 Å². The standard InChI is InChI=1S/C16H14FNO2/c1-11-5-7-12(8-6-11)15(19)10-18-16(20)13-3-2-4-14(17)9-13/h2-9H,10H2,1H3,(H,18,20). The number of hydrogen-bond acceptors (Lipinski definition) is 2. The van der Waals surface area contributed by atoms with Crippen LogP contribution in [-0.4, -0.2) is 18.2 Å². The van der Waals surface area contributed by atoms with Gasteiger partial charge < -0.3 is 5.32 Å². The van der Waals surface area contributed by atoms with Crippen LogP contribution in [0.25, 0.3) is 0 Å². The van der Waals surface area contributed by atoms with E-state index in [1.807, 2.05) is 19.1 Å². The Balaban J connectivity index is 1.96. The molecule has 1 amide bonds. The Morgan fingerprint density at radius 2 is 1.75 bits per heavy atom. The van der Waals surface area contributed by atoms with Crippen molar-refractivity contribution < 1.29 is 14.0 Å². The molecule has 0 bridgehead atoms. The topological polar surface area (TPSA) is 46.2 Å². The predicted octanol–water partition coefficient (Wildman–Crippen LogP) is 2.75. The Hall–Kier alpha value is -2.49. The molecule has 0 aliphatic heterocycles. The van der Waals surface area contributed by atoms with Gasteiger partial charge in [-0.25, -0.2) is 4.39 Å². The van der Waals surface area contributed by atoms with Crippen LogP contribution in [0.1, 0.15) is 26.3 Å². The molecule has 2 rings (SSSR count). The summed E-state index contributed by atoms with van der Waals surface area (Å²) in [6, 6.07) is 12.4. The van der Waals surface area contributed by atoms with Crippen LogP contribution in [-0.2, 0) is 0 Å². The van der Waals surface area contributed by atoms with Crippen molar-refractivity contribution >= 4 is 11.7 Å². The Bertz CT molecular complexity index is 635. The van der Waals surface area contributed by atoms with Crippen molar-refractivity contribution in [2.75, 3.05) is 6.54 Å². The lowest BCUT2D eigenvalue weighted by Crippen LogP contribution is -2.29. The van der Waals surface area contributed by atoms with Gasteiger partial charge in [0, 0.05) is 11.1 Å². The van der Waals surface area contributed by atoms with E-state index in [0.717, 1.165) is 11.6 Å². The van der Waals surface area contributed by atoms with E-state index in [1.165, 1.54) is 18.2 Å². The van der Waals surface area contributed by atoms with Gasteiger partial charge in [0.05, 0.1) is 6.54 Å². The van der Waals surface area contributed by atoms with Crippen molar-refractivity contribution in [2.45, 2.75) is 6.92 Å². The van der Waals surface area contributed by atoms with Crippen molar-refractivity contribution in [1.82, 2.24) is 5.32 Å². The van der Waals surface area contributed by atoms with Crippen LogP contribution in [0.5, 0.6) is 0 Å². The van der Waals surface area contributed by atoms with Crippen LogP contribution in [0.2, 0.25) is 0 Å². The van der Waals surface area contributed by atoms with E-state index in [0.29, 0.717) is 5.56 Å². The fourth-order valence-electron chi connectivity index (χ4n) is 1.73. The molecule has 2 aromatic rings. The van der Waals surface area contributed by atoms with Gasteiger partial charge in [-0.1, -0.05) is 35.9 Å². The van der Waals surface area contributed by atoms with E-state index in [4.69, 9.17) is 0 Å². The van der Waals surface area contributed by atoms with E-state index < -0.39 is 11.7 Å². The minimum atomic E-state index is -0.484. The molecule has 0 heterocycles. The number of ketones is 1. The molecule has 0 aliphatic carbocycles. The number of halogens is 1. The van der Waals surface area contributed by atoms with Gasteiger partial charge in [-0.2, -0.15) is 0 Å². The molecule has 0 saturated heterocycles. The third-order valence-corrected chi connectivity index (χ3v) is 2.87. The summed E-state index contributed by atoms with van der Waals surface area (Å²) in [7, 11) is 0. The maximum atomic E-state index is 13.0. The number of carbonyl (C=O) groups excluding carboxylic acids is 2. The van der Waals surface area contributed by atoms with Gasteiger partial charge in [0.2, 0.25) is 0 Å². The summed E-state index contributed by atoms with van der Waals surface area (Å²) in [5, 5.41) is 2.48. The Kier molecular flexibility index (Phi) is 4.25. The summed E-state index contributed by atoms with van der Waals surface area (Å²) in [5.41, 5.74) is 1.79. The fraction of sp³-hybridized carbons (Fsp3) is 0.125. The zero-order chi connectivity index (χ0) is 14.5. The van der Waals surface area contributed by atoms with Crippen LogP contribution in [0, 0.1) is 12.7 Å². The quantitative estimate of drug-likeness (QED) is 0.869. The normalized spacial score (nSPS) is 10.1. The van der Waals surface area contributed by atoms with E-state index in [-0.39, 0.29) is 17.9 Å². The lowest BCUT2D eigenvalue weighted by Gasteiger charge is -2.05. The molecule has 3 nitrogen and oxygen atoms in total. The van der Waals surface area contributed by atoms with Crippen LogP contribution >= 0.6 is 0 Å². The van der Waals surface area contributed by atoms with Crippen molar-refractivity contribution in [3.05, 3.63) is 71.0 Å². The van der Waals surface area contributed by atoms with Gasteiger partial charge in [0.1, 0.15) is 5.82 Å². The summed E-state index contributed by atoms with van der Waals surface area (Å²) in [6.45, 7) is 1.82. The lowest BCUT2D eigenvalue weighted by molar-refractivity contribution is 0.0904. The van der Waals surface area contributed by atoms with Crippen molar-refractivity contribution in [1.29, 1.82) is 0 Å². The SMILES string of the molecule is Cc1ccc(C(=O)CNC(=O)c2cccc(F)c2)cc1. The maximum absolute atomic E-state index is 13.0.